The van der Waals surface area contributed by atoms with Gasteiger partial charge < -0.3 is 15.4 Å². The first-order chi connectivity index (χ1) is 23.7. The monoisotopic (exact) mass is 653 g/mol. The smallest absolute Gasteiger partial charge is 0.323 e. The van der Waals surface area contributed by atoms with Crippen molar-refractivity contribution in [2.45, 2.75) is 72.4 Å². The molecule has 2 amide bonds. The minimum Gasteiger partial charge on any atom is -0.487 e. The van der Waals surface area contributed by atoms with Crippen LogP contribution >= 0.6 is 0 Å². The molecular formula is C41H43N5O3. The maximum atomic E-state index is 14.4. The summed E-state index contributed by atoms with van der Waals surface area (Å²) in [6, 6.07) is 29.0. The van der Waals surface area contributed by atoms with Crippen molar-refractivity contribution in [1.82, 2.24) is 14.5 Å². The van der Waals surface area contributed by atoms with E-state index in [0.29, 0.717) is 23.5 Å². The van der Waals surface area contributed by atoms with E-state index >= 15 is 0 Å². The Morgan fingerprint density at radius 2 is 1.57 bits per heavy atom. The Hall–Kier alpha value is -5.50. The zero-order valence-electron chi connectivity index (χ0n) is 28.8. The van der Waals surface area contributed by atoms with Crippen LogP contribution in [0.25, 0.3) is 33.1 Å². The first-order valence-corrected chi connectivity index (χ1v) is 17.0. The molecule has 250 valence electrons. The molecule has 0 spiro atoms. The molecule has 0 saturated carbocycles. The molecule has 0 radical (unpaired) electrons. The van der Waals surface area contributed by atoms with Gasteiger partial charge >= 0.3 is 6.03 Å². The molecule has 6 aromatic rings. The average Bonchev–Trinajstić information content (AvgIpc) is 3.10. The van der Waals surface area contributed by atoms with Gasteiger partial charge in [-0.05, 0) is 71.3 Å². The molecule has 0 aliphatic rings. The van der Waals surface area contributed by atoms with Gasteiger partial charge in [0.1, 0.15) is 23.7 Å². The third kappa shape index (κ3) is 7.18. The van der Waals surface area contributed by atoms with Gasteiger partial charge in [0.2, 0.25) is 0 Å². The summed E-state index contributed by atoms with van der Waals surface area (Å²) in [6.45, 7) is 11.3. The van der Waals surface area contributed by atoms with Gasteiger partial charge in [0, 0.05) is 34.8 Å². The summed E-state index contributed by atoms with van der Waals surface area (Å²) in [6.07, 6.45) is 3.39. The summed E-state index contributed by atoms with van der Waals surface area (Å²) in [5.41, 5.74) is 6.33. The lowest BCUT2D eigenvalue weighted by Gasteiger charge is -2.22. The summed E-state index contributed by atoms with van der Waals surface area (Å²) in [5.74, 6) is 0.993. The van der Waals surface area contributed by atoms with Crippen LogP contribution in [-0.4, -0.2) is 20.6 Å². The largest absolute Gasteiger partial charge is 0.487 e. The molecule has 0 saturated heterocycles. The summed E-state index contributed by atoms with van der Waals surface area (Å²) < 4.78 is 7.90. The number of hydrogen-bond acceptors (Lipinski definition) is 5. The number of nitrogens with one attached hydrogen (secondary N) is 2. The fraction of sp³-hybridized carbons (Fsp3) is 0.268. The highest BCUT2D eigenvalue weighted by Crippen LogP contribution is 2.36. The highest BCUT2D eigenvalue weighted by molar-refractivity contribution is 6.08. The van der Waals surface area contributed by atoms with Gasteiger partial charge in [0.15, 0.2) is 0 Å². The van der Waals surface area contributed by atoms with Crippen LogP contribution in [0.2, 0.25) is 0 Å². The van der Waals surface area contributed by atoms with Gasteiger partial charge in [-0.1, -0.05) is 95.6 Å². The highest BCUT2D eigenvalue weighted by atomic mass is 16.5. The number of rotatable bonds is 11. The van der Waals surface area contributed by atoms with E-state index in [2.05, 4.69) is 50.2 Å². The molecule has 0 fully saturated rings. The number of aromatic nitrogens is 3. The predicted molar refractivity (Wildman–Crippen MR) is 200 cm³/mol. The average molecular weight is 654 g/mol. The van der Waals surface area contributed by atoms with E-state index in [1.165, 1.54) is 0 Å². The van der Waals surface area contributed by atoms with Crippen LogP contribution < -0.4 is 20.9 Å². The number of hydrogen-bond donors (Lipinski definition) is 2. The highest BCUT2D eigenvalue weighted by Gasteiger charge is 2.23. The zero-order chi connectivity index (χ0) is 34.5. The van der Waals surface area contributed by atoms with Crippen LogP contribution in [0.3, 0.4) is 0 Å². The lowest BCUT2D eigenvalue weighted by atomic mass is 9.93. The lowest BCUT2D eigenvalue weighted by molar-refractivity contribution is 0.262. The summed E-state index contributed by atoms with van der Waals surface area (Å²) in [5, 5.41) is 7.95. The molecule has 0 aliphatic carbocycles. The lowest BCUT2D eigenvalue weighted by Crippen LogP contribution is -2.30. The van der Waals surface area contributed by atoms with Gasteiger partial charge in [-0.2, -0.15) is 0 Å². The van der Waals surface area contributed by atoms with Crippen molar-refractivity contribution in [1.29, 1.82) is 0 Å². The molecule has 8 nitrogen and oxygen atoms in total. The van der Waals surface area contributed by atoms with E-state index < -0.39 is 6.03 Å². The van der Waals surface area contributed by atoms with E-state index in [-0.39, 0.29) is 29.7 Å². The molecule has 2 N–H and O–H groups in total. The minimum atomic E-state index is -0.478. The maximum absolute atomic E-state index is 14.4. The molecule has 0 atom stereocenters. The summed E-state index contributed by atoms with van der Waals surface area (Å²) in [4.78, 5) is 37.7. The van der Waals surface area contributed by atoms with Crippen molar-refractivity contribution < 1.29 is 9.53 Å². The van der Waals surface area contributed by atoms with Crippen molar-refractivity contribution >= 4 is 39.3 Å². The Labute approximate surface area is 287 Å². The van der Waals surface area contributed by atoms with Crippen molar-refractivity contribution in [3.05, 3.63) is 124 Å². The third-order valence-corrected chi connectivity index (χ3v) is 8.77. The number of carbonyl (C=O) groups is 1. The Bertz CT molecular complexity index is 2160. The Morgan fingerprint density at radius 1 is 0.837 bits per heavy atom. The van der Waals surface area contributed by atoms with Crippen molar-refractivity contribution in [2.24, 2.45) is 0 Å². The quantitative estimate of drug-likeness (QED) is 0.145. The SMILES string of the molecule is CCCCn1c(=O)c(NC(=O)Nc2c(C(C)C)cccc2C(C)C)c(-c2cccc(OCc3ccc4ccccc4n3)c2)c2cccnc21. The van der Waals surface area contributed by atoms with Crippen LogP contribution in [-0.2, 0) is 13.2 Å². The third-order valence-electron chi connectivity index (χ3n) is 8.77. The first-order valence-electron chi connectivity index (χ1n) is 17.0. The number of pyridine rings is 3. The second kappa shape index (κ2) is 14.7. The fourth-order valence-electron chi connectivity index (χ4n) is 6.26. The number of anilines is 2. The number of para-hydroxylation sites is 2. The Morgan fingerprint density at radius 3 is 2.33 bits per heavy atom. The number of unbranched alkanes of at least 4 members (excludes halogenated alkanes) is 1. The molecule has 0 unspecified atom stereocenters. The number of aryl methyl sites for hydroxylation is 1. The van der Waals surface area contributed by atoms with Gasteiger partial charge in [-0.25, -0.2) is 14.8 Å². The molecule has 6 rings (SSSR count). The molecule has 49 heavy (non-hydrogen) atoms. The fourth-order valence-corrected chi connectivity index (χ4v) is 6.26. The van der Waals surface area contributed by atoms with Crippen molar-refractivity contribution in [3.63, 3.8) is 0 Å². The molecule has 8 heteroatoms. The van der Waals surface area contributed by atoms with E-state index in [1.54, 1.807) is 10.8 Å². The van der Waals surface area contributed by atoms with Crippen molar-refractivity contribution in [3.8, 4) is 16.9 Å². The van der Waals surface area contributed by atoms with Crippen LogP contribution in [0.15, 0.2) is 102 Å². The van der Waals surface area contributed by atoms with Crippen LogP contribution in [0.5, 0.6) is 5.75 Å². The number of fused-ring (bicyclic) bond motifs is 2. The van der Waals surface area contributed by atoms with E-state index in [1.807, 2.05) is 91.0 Å². The van der Waals surface area contributed by atoms with Gasteiger partial charge in [0.25, 0.3) is 5.56 Å². The Balaban J connectivity index is 1.41. The van der Waals surface area contributed by atoms with E-state index in [4.69, 9.17) is 9.72 Å². The second-order valence-corrected chi connectivity index (χ2v) is 12.9. The molecule has 0 bridgehead atoms. The molecule has 0 aliphatic heterocycles. The molecule has 3 aromatic carbocycles. The van der Waals surface area contributed by atoms with Crippen molar-refractivity contribution in [2.75, 3.05) is 10.6 Å². The number of carbonyl (C=O) groups excluding carboxylic acids is 1. The standard InChI is InChI=1S/C41H43N5O3/c1-6-7-23-46-39-34(18-12-22-42-39)36(29-14-10-15-31(24-29)49-25-30-21-20-28-13-8-9-19-35(28)43-30)38(40(46)47)45-41(48)44-37-32(26(2)3)16-11-17-33(37)27(4)5/h8-22,24,26-27H,6-7,23,25H2,1-5H3,(H2,44,45,48). The topological polar surface area (TPSA) is 98.1 Å². The summed E-state index contributed by atoms with van der Waals surface area (Å²) in [7, 11) is 0. The van der Waals surface area contributed by atoms with Crippen LogP contribution in [0, 0.1) is 0 Å². The van der Waals surface area contributed by atoms with Gasteiger partial charge in [-0.3, -0.25) is 9.36 Å². The molecule has 3 heterocycles. The number of nitrogens with zero attached hydrogens (tertiary/aromatic N) is 3. The van der Waals surface area contributed by atoms with Crippen LogP contribution in [0.4, 0.5) is 16.2 Å². The number of amides is 2. The van der Waals surface area contributed by atoms with E-state index in [0.717, 1.165) is 57.2 Å². The molecular weight excluding hydrogens is 610 g/mol. The maximum Gasteiger partial charge on any atom is 0.323 e. The van der Waals surface area contributed by atoms with E-state index in [9.17, 15) is 9.59 Å². The summed E-state index contributed by atoms with van der Waals surface area (Å²) >= 11 is 0. The number of urea groups is 1. The van der Waals surface area contributed by atoms with Gasteiger partial charge in [-0.15, -0.1) is 0 Å². The van der Waals surface area contributed by atoms with Gasteiger partial charge in [0.05, 0.1) is 11.2 Å². The van der Waals surface area contributed by atoms with Crippen LogP contribution in [0.1, 0.15) is 76.1 Å². The normalized spacial score (nSPS) is 11.4. The number of ether oxygens (including phenoxy) is 1. The zero-order valence-corrected chi connectivity index (χ0v) is 28.8. The first kappa shape index (κ1) is 33.4. The second-order valence-electron chi connectivity index (χ2n) is 12.9. The minimum absolute atomic E-state index is 0.190. The predicted octanol–water partition coefficient (Wildman–Crippen LogP) is 9.88. The Kier molecular flexibility index (Phi) is 10.0. The number of benzene rings is 3. The molecule has 3 aromatic heterocycles.